The molecular formula is C30H31FN6O2. The zero-order valence-electron chi connectivity index (χ0n) is 22.1. The topological polar surface area (TPSA) is 95.2 Å². The lowest BCUT2D eigenvalue weighted by Crippen LogP contribution is -2.41. The SMILES string of the molecule is CC1C(c2cc(C#N)ccn2)=CN(Cc2cccc(-c3ncc(OCC4CCN(C)CC4)cn3)c2)C(=O)C1F. The lowest BCUT2D eigenvalue weighted by molar-refractivity contribution is -0.136. The fraction of sp³-hybridized carbons (Fsp3) is 0.367. The van der Waals surface area contributed by atoms with Gasteiger partial charge in [-0.3, -0.25) is 9.78 Å². The lowest BCUT2D eigenvalue weighted by atomic mass is 9.89. The number of nitrogens with zero attached hydrogens (tertiary/aromatic N) is 6. The van der Waals surface area contributed by atoms with Crippen molar-refractivity contribution >= 4 is 11.5 Å². The standard InChI is InChI=1S/C30H31FN6O2/c1-20-26(27-13-22(14-32)6-9-33-27)18-37(30(38)28(20)31)17-23-4-3-5-24(12-23)29-34-15-25(16-35-29)39-19-21-7-10-36(2)11-8-21/h3-6,9,12-13,15-16,18,20-21,28H,7-8,10-11,17,19H2,1-2H3. The molecule has 0 spiro atoms. The number of aromatic nitrogens is 3. The van der Waals surface area contributed by atoms with Crippen LogP contribution in [0.2, 0.25) is 0 Å². The summed E-state index contributed by atoms with van der Waals surface area (Å²) < 4.78 is 21.0. The van der Waals surface area contributed by atoms with Crippen molar-refractivity contribution in [3.05, 3.63) is 78.0 Å². The first kappa shape index (κ1) is 26.4. The van der Waals surface area contributed by atoms with Gasteiger partial charge in [-0.1, -0.05) is 25.1 Å². The number of carbonyl (C=O) groups excluding carboxylic acids is 1. The van der Waals surface area contributed by atoms with Crippen LogP contribution in [0.15, 0.2) is 61.2 Å². The summed E-state index contributed by atoms with van der Waals surface area (Å²) in [6.45, 7) is 4.69. The minimum atomic E-state index is -1.70. The van der Waals surface area contributed by atoms with E-state index in [-0.39, 0.29) is 6.54 Å². The third-order valence-electron chi connectivity index (χ3n) is 7.42. The number of rotatable bonds is 7. The van der Waals surface area contributed by atoms with Gasteiger partial charge in [-0.05, 0) is 62.7 Å². The molecule has 2 aromatic heterocycles. The van der Waals surface area contributed by atoms with Crippen LogP contribution in [-0.2, 0) is 11.3 Å². The largest absolute Gasteiger partial charge is 0.490 e. The van der Waals surface area contributed by atoms with Crippen LogP contribution in [-0.4, -0.2) is 63.6 Å². The predicted octanol–water partition coefficient (Wildman–Crippen LogP) is 4.49. The number of likely N-dealkylation sites (tertiary alicyclic amines) is 1. The molecule has 5 rings (SSSR count). The predicted molar refractivity (Wildman–Crippen MR) is 145 cm³/mol. The van der Waals surface area contributed by atoms with Crippen molar-refractivity contribution in [2.45, 2.75) is 32.5 Å². The maximum Gasteiger partial charge on any atom is 0.262 e. The molecule has 8 nitrogen and oxygen atoms in total. The highest BCUT2D eigenvalue weighted by atomic mass is 19.1. The first-order valence-corrected chi connectivity index (χ1v) is 13.2. The number of ether oxygens (including phenoxy) is 1. The Hall–Kier alpha value is -4.16. The van der Waals surface area contributed by atoms with Crippen molar-refractivity contribution in [2.24, 2.45) is 11.8 Å². The van der Waals surface area contributed by atoms with Gasteiger partial charge in [0.25, 0.3) is 5.91 Å². The molecule has 2 aliphatic rings. The van der Waals surface area contributed by atoms with E-state index in [2.05, 4.69) is 33.0 Å². The smallest absolute Gasteiger partial charge is 0.262 e. The first-order valence-electron chi connectivity index (χ1n) is 13.2. The van der Waals surface area contributed by atoms with Crippen molar-refractivity contribution in [2.75, 3.05) is 26.7 Å². The number of piperidine rings is 1. The third kappa shape index (κ3) is 6.13. The van der Waals surface area contributed by atoms with Crippen LogP contribution in [0.25, 0.3) is 17.0 Å². The van der Waals surface area contributed by atoms with E-state index in [0.717, 1.165) is 37.1 Å². The molecule has 0 aliphatic carbocycles. The minimum Gasteiger partial charge on any atom is -0.490 e. The third-order valence-corrected chi connectivity index (χ3v) is 7.42. The Labute approximate surface area is 227 Å². The van der Waals surface area contributed by atoms with Gasteiger partial charge in [-0.2, -0.15) is 5.26 Å². The number of pyridine rings is 1. The van der Waals surface area contributed by atoms with Gasteiger partial charge < -0.3 is 14.5 Å². The Morgan fingerprint density at radius 2 is 1.90 bits per heavy atom. The summed E-state index contributed by atoms with van der Waals surface area (Å²) in [7, 11) is 2.14. The van der Waals surface area contributed by atoms with Gasteiger partial charge >= 0.3 is 0 Å². The number of carbonyl (C=O) groups is 1. The molecule has 1 amide bonds. The summed E-state index contributed by atoms with van der Waals surface area (Å²) in [5.41, 5.74) is 3.09. The number of benzene rings is 1. The molecule has 4 heterocycles. The van der Waals surface area contributed by atoms with Crippen LogP contribution in [0.3, 0.4) is 0 Å². The highest BCUT2D eigenvalue weighted by Gasteiger charge is 2.36. The van der Waals surface area contributed by atoms with E-state index < -0.39 is 18.0 Å². The quantitative estimate of drug-likeness (QED) is 0.448. The van der Waals surface area contributed by atoms with E-state index >= 15 is 4.39 Å². The van der Waals surface area contributed by atoms with E-state index in [4.69, 9.17) is 4.74 Å². The van der Waals surface area contributed by atoms with Gasteiger partial charge in [0.1, 0.15) is 0 Å². The zero-order chi connectivity index (χ0) is 27.4. The van der Waals surface area contributed by atoms with E-state index in [1.807, 2.05) is 24.3 Å². The second-order valence-electron chi connectivity index (χ2n) is 10.3. The lowest BCUT2D eigenvalue weighted by Gasteiger charge is -2.31. The van der Waals surface area contributed by atoms with Gasteiger partial charge in [0.15, 0.2) is 17.7 Å². The molecule has 2 aliphatic heterocycles. The van der Waals surface area contributed by atoms with Gasteiger partial charge in [0.05, 0.1) is 42.9 Å². The Morgan fingerprint density at radius 1 is 1.13 bits per heavy atom. The molecule has 0 radical (unpaired) electrons. The van der Waals surface area contributed by atoms with Crippen LogP contribution < -0.4 is 4.74 Å². The summed E-state index contributed by atoms with van der Waals surface area (Å²) in [5, 5.41) is 9.24. The van der Waals surface area contributed by atoms with Gasteiger partial charge in [-0.15, -0.1) is 0 Å². The molecule has 1 fully saturated rings. The highest BCUT2D eigenvalue weighted by molar-refractivity contribution is 5.89. The molecule has 1 aromatic carbocycles. The Kier molecular flexibility index (Phi) is 7.94. The molecule has 2 atom stereocenters. The number of allylic oxidation sites excluding steroid dienone is 1. The number of halogens is 1. The zero-order valence-corrected chi connectivity index (χ0v) is 22.1. The average Bonchev–Trinajstić information content (AvgIpc) is 2.97. The molecule has 1 saturated heterocycles. The van der Waals surface area contributed by atoms with Crippen LogP contribution in [0.4, 0.5) is 4.39 Å². The molecule has 200 valence electrons. The van der Waals surface area contributed by atoms with Crippen molar-refractivity contribution in [3.63, 3.8) is 0 Å². The maximum absolute atomic E-state index is 15.1. The normalized spacial score (nSPS) is 20.4. The maximum atomic E-state index is 15.1. The van der Waals surface area contributed by atoms with Gasteiger partial charge in [0, 0.05) is 29.5 Å². The van der Waals surface area contributed by atoms with Crippen LogP contribution in [0, 0.1) is 23.2 Å². The fourth-order valence-electron chi connectivity index (χ4n) is 4.95. The summed E-state index contributed by atoms with van der Waals surface area (Å²) >= 11 is 0. The van der Waals surface area contributed by atoms with E-state index in [0.29, 0.717) is 40.9 Å². The Bertz CT molecular complexity index is 1400. The molecule has 2 unspecified atom stereocenters. The van der Waals surface area contributed by atoms with Crippen molar-refractivity contribution < 1.29 is 13.9 Å². The molecule has 9 heteroatoms. The fourth-order valence-corrected chi connectivity index (χ4v) is 4.95. The molecule has 0 bridgehead atoms. The van der Waals surface area contributed by atoms with E-state index in [9.17, 15) is 10.1 Å². The number of hydrogen-bond acceptors (Lipinski definition) is 7. The highest BCUT2D eigenvalue weighted by Crippen LogP contribution is 2.33. The molecule has 3 aromatic rings. The van der Waals surface area contributed by atoms with Crippen LogP contribution in [0.1, 0.15) is 36.6 Å². The van der Waals surface area contributed by atoms with Gasteiger partial charge in [-0.25, -0.2) is 14.4 Å². The van der Waals surface area contributed by atoms with Crippen molar-refractivity contribution in [1.82, 2.24) is 24.8 Å². The number of hydrogen-bond donors (Lipinski definition) is 0. The number of amides is 1. The van der Waals surface area contributed by atoms with Crippen LogP contribution >= 0.6 is 0 Å². The van der Waals surface area contributed by atoms with Gasteiger partial charge in [0.2, 0.25) is 0 Å². The van der Waals surface area contributed by atoms with E-state index in [1.165, 1.54) is 11.1 Å². The molecular weight excluding hydrogens is 495 g/mol. The average molecular weight is 527 g/mol. The minimum absolute atomic E-state index is 0.180. The Morgan fingerprint density at radius 3 is 2.64 bits per heavy atom. The molecule has 0 saturated carbocycles. The molecule has 0 N–H and O–H groups in total. The number of alkyl halides is 1. The number of nitriles is 1. The van der Waals surface area contributed by atoms with Crippen molar-refractivity contribution in [3.8, 4) is 23.2 Å². The summed E-state index contributed by atoms with van der Waals surface area (Å²) in [5.74, 6) is 0.454. The van der Waals surface area contributed by atoms with Crippen LogP contribution in [0.5, 0.6) is 5.75 Å². The van der Waals surface area contributed by atoms with E-state index in [1.54, 1.807) is 37.7 Å². The summed E-state index contributed by atoms with van der Waals surface area (Å²) in [6, 6.07) is 12.8. The molecule has 39 heavy (non-hydrogen) atoms. The van der Waals surface area contributed by atoms with Crippen molar-refractivity contribution in [1.29, 1.82) is 5.26 Å². The second kappa shape index (κ2) is 11.7. The summed E-state index contributed by atoms with van der Waals surface area (Å²) in [6.07, 6.45) is 7.09. The Balaban J connectivity index is 1.29. The second-order valence-corrected chi connectivity index (χ2v) is 10.3. The monoisotopic (exact) mass is 526 g/mol. The summed E-state index contributed by atoms with van der Waals surface area (Å²) in [4.78, 5) is 29.8. The first-order chi connectivity index (χ1) is 18.9.